The number of anilines is 1. The predicted molar refractivity (Wildman–Crippen MR) is 126 cm³/mol. The van der Waals surface area contributed by atoms with E-state index in [2.05, 4.69) is 61.7 Å². The van der Waals surface area contributed by atoms with Crippen molar-refractivity contribution in [3.63, 3.8) is 0 Å². The standard InChI is InChI=1S/C27H32N2O/c1-19(2)20(3)24-16-23(15-21-11-7-5-8-12-21)17-25(26(24)28-4)27(30)29-18-22-13-9-6-10-14-22/h5-14,16-17,19-20,28H,15,18H2,1-4H3,(H,29,30). The van der Waals surface area contributed by atoms with Gasteiger partial charge < -0.3 is 10.6 Å². The van der Waals surface area contributed by atoms with Gasteiger partial charge in [-0.2, -0.15) is 0 Å². The quantitative estimate of drug-likeness (QED) is 0.486. The van der Waals surface area contributed by atoms with Crippen LogP contribution in [0.15, 0.2) is 72.8 Å². The number of carbonyl (C=O) groups excluding carboxylic acids is 1. The molecule has 3 rings (SSSR count). The zero-order valence-corrected chi connectivity index (χ0v) is 18.4. The number of carbonyl (C=O) groups is 1. The van der Waals surface area contributed by atoms with E-state index in [4.69, 9.17) is 0 Å². The smallest absolute Gasteiger partial charge is 0.253 e. The van der Waals surface area contributed by atoms with Crippen LogP contribution in [0.2, 0.25) is 0 Å². The fourth-order valence-corrected chi connectivity index (χ4v) is 3.71. The molecule has 0 saturated carbocycles. The van der Waals surface area contributed by atoms with E-state index in [0.29, 0.717) is 23.9 Å². The molecule has 3 nitrogen and oxygen atoms in total. The van der Waals surface area contributed by atoms with Crippen molar-refractivity contribution < 1.29 is 4.79 Å². The van der Waals surface area contributed by atoms with E-state index in [1.807, 2.05) is 49.5 Å². The summed E-state index contributed by atoms with van der Waals surface area (Å²) < 4.78 is 0. The first kappa shape index (κ1) is 21.6. The second-order valence-corrected chi connectivity index (χ2v) is 8.22. The predicted octanol–water partition coefficient (Wildman–Crippen LogP) is 6.01. The molecule has 0 radical (unpaired) electrons. The van der Waals surface area contributed by atoms with Crippen molar-refractivity contribution in [1.29, 1.82) is 0 Å². The minimum Gasteiger partial charge on any atom is -0.387 e. The lowest BCUT2D eigenvalue weighted by Gasteiger charge is -2.23. The lowest BCUT2D eigenvalue weighted by Crippen LogP contribution is -2.25. The van der Waals surface area contributed by atoms with E-state index in [-0.39, 0.29) is 5.91 Å². The number of hydrogen-bond donors (Lipinski definition) is 2. The maximum absolute atomic E-state index is 13.2. The fraction of sp³-hybridized carbons (Fsp3) is 0.296. The third-order valence-corrected chi connectivity index (χ3v) is 5.76. The second-order valence-electron chi connectivity index (χ2n) is 8.22. The van der Waals surface area contributed by atoms with Gasteiger partial charge in [-0.1, -0.05) is 87.5 Å². The molecule has 0 heterocycles. The molecule has 3 aromatic carbocycles. The van der Waals surface area contributed by atoms with Crippen LogP contribution in [-0.2, 0) is 13.0 Å². The van der Waals surface area contributed by atoms with Crippen LogP contribution in [0.4, 0.5) is 5.69 Å². The molecule has 30 heavy (non-hydrogen) atoms. The van der Waals surface area contributed by atoms with E-state index in [1.165, 1.54) is 11.1 Å². The summed E-state index contributed by atoms with van der Waals surface area (Å²) in [6.45, 7) is 7.20. The van der Waals surface area contributed by atoms with Gasteiger partial charge in [0.25, 0.3) is 5.91 Å². The Labute approximate surface area is 180 Å². The summed E-state index contributed by atoms with van der Waals surface area (Å²) in [5.74, 6) is 0.767. The Hall–Kier alpha value is -3.07. The number of hydrogen-bond acceptors (Lipinski definition) is 2. The molecular formula is C27H32N2O. The Morgan fingerprint density at radius 3 is 2.00 bits per heavy atom. The highest BCUT2D eigenvalue weighted by Crippen LogP contribution is 2.34. The summed E-state index contributed by atoms with van der Waals surface area (Å²) in [4.78, 5) is 13.2. The van der Waals surface area contributed by atoms with Crippen molar-refractivity contribution in [2.75, 3.05) is 12.4 Å². The van der Waals surface area contributed by atoms with E-state index in [9.17, 15) is 4.79 Å². The zero-order valence-electron chi connectivity index (χ0n) is 18.4. The van der Waals surface area contributed by atoms with Gasteiger partial charge in [-0.15, -0.1) is 0 Å². The maximum Gasteiger partial charge on any atom is 0.253 e. The average molecular weight is 401 g/mol. The summed E-state index contributed by atoms with van der Waals surface area (Å²) >= 11 is 0. The van der Waals surface area contributed by atoms with Crippen molar-refractivity contribution in [3.8, 4) is 0 Å². The summed E-state index contributed by atoms with van der Waals surface area (Å²) in [5.41, 5.74) is 6.34. The minimum absolute atomic E-state index is 0.0460. The lowest BCUT2D eigenvalue weighted by molar-refractivity contribution is 0.0951. The first-order valence-electron chi connectivity index (χ1n) is 10.7. The van der Waals surface area contributed by atoms with Gasteiger partial charge in [0.15, 0.2) is 0 Å². The zero-order chi connectivity index (χ0) is 21.5. The van der Waals surface area contributed by atoms with Crippen LogP contribution in [0.25, 0.3) is 0 Å². The van der Waals surface area contributed by atoms with Crippen molar-refractivity contribution in [1.82, 2.24) is 5.32 Å². The van der Waals surface area contributed by atoms with Gasteiger partial charge in [-0.25, -0.2) is 0 Å². The summed E-state index contributed by atoms with van der Waals surface area (Å²) in [6, 6.07) is 24.7. The lowest BCUT2D eigenvalue weighted by atomic mass is 9.85. The monoisotopic (exact) mass is 400 g/mol. The fourth-order valence-electron chi connectivity index (χ4n) is 3.71. The molecule has 1 unspecified atom stereocenters. The molecule has 0 aliphatic carbocycles. The molecule has 0 fully saturated rings. The Bertz CT molecular complexity index is 965. The Balaban J connectivity index is 1.96. The van der Waals surface area contributed by atoms with E-state index >= 15 is 0 Å². The highest BCUT2D eigenvalue weighted by molar-refractivity contribution is 6.00. The van der Waals surface area contributed by atoms with Crippen molar-refractivity contribution in [3.05, 3.63) is 101 Å². The molecule has 3 heteroatoms. The van der Waals surface area contributed by atoms with Gasteiger partial charge in [-0.3, -0.25) is 4.79 Å². The van der Waals surface area contributed by atoms with Gasteiger partial charge >= 0.3 is 0 Å². The molecule has 2 N–H and O–H groups in total. The van der Waals surface area contributed by atoms with Crippen LogP contribution in [0.5, 0.6) is 0 Å². The Kier molecular flexibility index (Phi) is 7.29. The van der Waals surface area contributed by atoms with E-state index in [0.717, 1.165) is 23.2 Å². The molecular weight excluding hydrogens is 368 g/mol. The van der Waals surface area contributed by atoms with E-state index < -0.39 is 0 Å². The largest absolute Gasteiger partial charge is 0.387 e. The molecule has 0 saturated heterocycles. The normalized spacial score (nSPS) is 11.9. The van der Waals surface area contributed by atoms with Crippen LogP contribution in [0.3, 0.4) is 0 Å². The molecule has 1 atom stereocenters. The molecule has 0 aliphatic heterocycles. The van der Waals surface area contributed by atoms with Crippen molar-refractivity contribution in [2.24, 2.45) is 5.92 Å². The average Bonchev–Trinajstić information content (AvgIpc) is 2.77. The van der Waals surface area contributed by atoms with Crippen LogP contribution < -0.4 is 10.6 Å². The molecule has 0 aliphatic rings. The highest BCUT2D eigenvalue weighted by atomic mass is 16.1. The maximum atomic E-state index is 13.2. The van der Waals surface area contributed by atoms with Crippen molar-refractivity contribution >= 4 is 11.6 Å². The van der Waals surface area contributed by atoms with Gasteiger partial charge in [0, 0.05) is 13.6 Å². The number of amides is 1. The molecule has 156 valence electrons. The first-order valence-corrected chi connectivity index (χ1v) is 10.7. The summed E-state index contributed by atoms with van der Waals surface area (Å²) in [6.07, 6.45) is 0.807. The summed E-state index contributed by atoms with van der Waals surface area (Å²) in [7, 11) is 1.90. The van der Waals surface area contributed by atoms with Crippen molar-refractivity contribution in [2.45, 2.75) is 39.7 Å². The Morgan fingerprint density at radius 1 is 0.833 bits per heavy atom. The van der Waals surface area contributed by atoms with Crippen LogP contribution >= 0.6 is 0 Å². The first-order chi connectivity index (χ1) is 14.5. The highest BCUT2D eigenvalue weighted by Gasteiger charge is 2.21. The second kappa shape index (κ2) is 10.1. The Morgan fingerprint density at radius 2 is 1.43 bits per heavy atom. The molecule has 0 aromatic heterocycles. The topological polar surface area (TPSA) is 41.1 Å². The molecule has 1 amide bonds. The molecule has 0 bridgehead atoms. The third kappa shape index (κ3) is 5.29. The van der Waals surface area contributed by atoms with Gasteiger partial charge in [0.1, 0.15) is 0 Å². The molecule has 3 aromatic rings. The molecule has 0 spiro atoms. The van der Waals surface area contributed by atoms with Gasteiger partial charge in [0.2, 0.25) is 0 Å². The number of rotatable bonds is 8. The number of nitrogens with one attached hydrogen (secondary N) is 2. The van der Waals surface area contributed by atoms with Crippen LogP contribution in [0, 0.1) is 5.92 Å². The number of benzene rings is 3. The van der Waals surface area contributed by atoms with Crippen LogP contribution in [0.1, 0.15) is 59.3 Å². The minimum atomic E-state index is -0.0460. The third-order valence-electron chi connectivity index (χ3n) is 5.76. The SMILES string of the molecule is CNc1c(C(=O)NCc2ccccc2)cc(Cc2ccccc2)cc1C(C)C(C)C. The van der Waals surface area contributed by atoms with Gasteiger partial charge in [0.05, 0.1) is 11.3 Å². The van der Waals surface area contributed by atoms with Gasteiger partial charge in [-0.05, 0) is 46.6 Å². The van der Waals surface area contributed by atoms with E-state index in [1.54, 1.807) is 0 Å². The summed E-state index contributed by atoms with van der Waals surface area (Å²) in [5, 5.41) is 6.41. The van der Waals surface area contributed by atoms with Crippen LogP contribution in [-0.4, -0.2) is 13.0 Å².